The summed E-state index contributed by atoms with van der Waals surface area (Å²) >= 11 is 0. The van der Waals surface area contributed by atoms with Gasteiger partial charge in [-0.25, -0.2) is 0 Å². The SMILES string of the molecule is Cc1ccc(-c2ccc(C34CC5CC(CC(C5)C3)C4)cc2C)c(C)c1. The Balaban J connectivity index is 1.54. The summed E-state index contributed by atoms with van der Waals surface area (Å²) in [6.07, 6.45) is 8.96. The lowest BCUT2D eigenvalue weighted by Gasteiger charge is -2.57. The molecule has 0 heteroatoms. The molecule has 6 rings (SSSR count). The van der Waals surface area contributed by atoms with E-state index in [-0.39, 0.29) is 0 Å². The van der Waals surface area contributed by atoms with Crippen LogP contribution < -0.4 is 0 Å². The van der Waals surface area contributed by atoms with Gasteiger partial charge in [-0.1, -0.05) is 42.0 Å². The summed E-state index contributed by atoms with van der Waals surface area (Å²) in [5.74, 6) is 3.06. The van der Waals surface area contributed by atoms with E-state index in [1.165, 1.54) is 66.3 Å². The molecule has 2 aromatic rings. The zero-order valence-corrected chi connectivity index (χ0v) is 15.9. The molecule has 0 radical (unpaired) electrons. The molecule has 0 N–H and O–H groups in total. The average Bonchev–Trinajstić information content (AvgIpc) is 2.54. The minimum atomic E-state index is 0.514. The maximum absolute atomic E-state index is 2.54. The fraction of sp³-hybridized carbons (Fsp3) is 0.520. The Bertz CT molecular complexity index is 791. The topological polar surface area (TPSA) is 0 Å². The van der Waals surface area contributed by atoms with Gasteiger partial charge in [0.2, 0.25) is 0 Å². The normalized spacial score (nSPS) is 33.0. The predicted molar refractivity (Wildman–Crippen MR) is 106 cm³/mol. The van der Waals surface area contributed by atoms with Crippen LogP contribution in [0.15, 0.2) is 36.4 Å². The first-order valence-electron chi connectivity index (χ1n) is 10.2. The minimum absolute atomic E-state index is 0.514. The van der Waals surface area contributed by atoms with E-state index in [9.17, 15) is 0 Å². The first-order valence-corrected chi connectivity index (χ1v) is 10.2. The van der Waals surface area contributed by atoms with Crippen LogP contribution in [0.3, 0.4) is 0 Å². The molecule has 0 atom stereocenters. The molecule has 130 valence electrons. The molecule has 0 nitrogen and oxygen atoms in total. The van der Waals surface area contributed by atoms with Crippen molar-refractivity contribution in [3.63, 3.8) is 0 Å². The molecule has 0 aromatic heterocycles. The Kier molecular flexibility index (Phi) is 3.43. The van der Waals surface area contributed by atoms with E-state index in [1.54, 1.807) is 5.56 Å². The van der Waals surface area contributed by atoms with E-state index in [4.69, 9.17) is 0 Å². The van der Waals surface area contributed by atoms with Crippen LogP contribution in [0.4, 0.5) is 0 Å². The van der Waals surface area contributed by atoms with Crippen molar-refractivity contribution < 1.29 is 0 Å². The molecular weight excluding hydrogens is 300 g/mol. The van der Waals surface area contributed by atoms with Gasteiger partial charge in [-0.3, -0.25) is 0 Å². The molecule has 0 aliphatic heterocycles. The van der Waals surface area contributed by atoms with Crippen molar-refractivity contribution in [2.24, 2.45) is 17.8 Å². The quantitative estimate of drug-likeness (QED) is 0.571. The van der Waals surface area contributed by atoms with E-state index >= 15 is 0 Å². The molecule has 4 bridgehead atoms. The highest BCUT2D eigenvalue weighted by atomic mass is 14.6. The van der Waals surface area contributed by atoms with E-state index in [2.05, 4.69) is 57.2 Å². The third kappa shape index (κ3) is 2.48. The predicted octanol–water partition coefficient (Wildman–Crippen LogP) is 6.75. The van der Waals surface area contributed by atoms with Gasteiger partial charge in [-0.15, -0.1) is 0 Å². The molecule has 0 saturated heterocycles. The van der Waals surface area contributed by atoms with Crippen LogP contribution >= 0.6 is 0 Å². The molecule has 0 amide bonds. The van der Waals surface area contributed by atoms with Crippen LogP contribution in [0.5, 0.6) is 0 Å². The maximum atomic E-state index is 2.54. The lowest BCUT2D eigenvalue weighted by Crippen LogP contribution is -2.48. The number of benzene rings is 2. The summed E-state index contributed by atoms with van der Waals surface area (Å²) < 4.78 is 0. The molecule has 0 heterocycles. The molecule has 25 heavy (non-hydrogen) atoms. The summed E-state index contributed by atoms with van der Waals surface area (Å²) in [4.78, 5) is 0. The molecule has 4 aliphatic rings. The summed E-state index contributed by atoms with van der Waals surface area (Å²) in [6.45, 7) is 6.74. The van der Waals surface area contributed by atoms with Crippen LogP contribution in [-0.2, 0) is 5.41 Å². The molecule has 4 aliphatic carbocycles. The van der Waals surface area contributed by atoms with E-state index in [0.717, 1.165) is 17.8 Å². The average molecular weight is 331 g/mol. The Labute approximate surface area is 152 Å². The van der Waals surface area contributed by atoms with Crippen molar-refractivity contribution >= 4 is 0 Å². The fourth-order valence-electron chi connectivity index (χ4n) is 6.88. The van der Waals surface area contributed by atoms with E-state index < -0.39 is 0 Å². The van der Waals surface area contributed by atoms with Gasteiger partial charge in [-0.05, 0) is 110 Å². The van der Waals surface area contributed by atoms with Crippen molar-refractivity contribution in [3.8, 4) is 11.1 Å². The molecule has 0 unspecified atom stereocenters. The van der Waals surface area contributed by atoms with E-state index in [0.29, 0.717) is 5.41 Å². The van der Waals surface area contributed by atoms with Crippen LogP contribution in [0.25, 0.3) is 11.1 Å². The third-order valence-corrected chi connectivity index (χ3v) is 7.55. The molecular formula is C25H30. The maximum Gasteiger partial charge on any atom is -0.00390 e. The minimum Gasteiger partial charge on any atom is -0.0587 e. The zero-order chi connectivity index (χ0) is 17.2. The van der Waals surface area contributed by atoms with E-state index in [1.807, 2.05) is 0 Å². The lowest BCUT2D eigenvalue weighted by atomic mass is 9.48. The van der Waals surface area contributed by atoms with Crippen LogP contribution in [-0.4, -0.2) is 0 Å². The number of aryl methyl sites for hydroxylation is 3. The first-order chi connectivity index (χ1) is 12.0. The third-order valence-electron chi connectivity index (χ3n) is 7.55. The Morgan fingerprint density at radius 2 is 1.20 bits per heavy atom. The molecule has 4 fully saturated rings. The number of rotatable bonds is 2. The van der Waals surface area contributed by atoms with Crippen molar-refractivity contribution in [1.29, 1.82) is 0 Å². The highest BCUT2D eigenvalue weighted by Gasteiger charge is 2.51. The Morgan fingerprint density at radius 3 is 1.72 bits per heavy atom. The molecule has 4 saturated carbocycles. The van der Waals surface area contributed by atoms with Gasteiger partial charge in [0.05, 0.1) is 0 Å². The second-order valence-corrected chi connectivity index (χ2v) is 9.55. The summed E-state index contributed by atoms with van der Waals surface area (Å²) in [6, 6.07) is 14.3. The monoisotopic (exact) mass is 330 g/mol. The van der Waals surface area contributed by atoms with Crippen molar-refractivity contribution in [2.45, 2.75) is 64.7 Å². The Morgan fingerprint density at radius 1 is 0.680 bits per heavy atom. The van der Waals surface area contributed by atoms with Crippen LogP contribution in [0.2, 0.25) is 0 Å². The van der Waals surface area contributed by atoms with Gasteiger partial charge in [0.15, 0.2) is 0 Å². The highest BCUT2D eigenvalue weighted by molar-refractivity contribution is 5.71. The van der Waals surface area contributed by atoms with Crippen molar-refractivity contribution in [2.75, 3.05) is 0 Å². The van der Waals surface area contributed by atoms with Crippen molar-refractivity contribution in [3.05, 3.63) is 58.7 Å². The zero-order valence-electron chi connectivity index (χ0n) is 15.9. The van der Waals surface area contributed by atoms with Crippen LogP contribution in [0, 0.1) is 38.5 Å². The molecule has 0 spiro atoms. The van der Waals surface area contributed by atoms with Gasteiger partial charge >= 0.3 is 0 Å². The fourth-order valence-corrected chi connectivity index (χ4v) is 6.88. The second-order valence-electron chi connectivity index (χ2n) is 9.55. The van der Waals surface area contributed by atoms with Gasteiger partial charge in [0, 0.05) is 0 Å². The number of hydrogen-bond acceptors (Lipinski definition) is 0. The summed E-state index contributed by atoms with van der Waals surface area (Å²) in [5.41, 5.74) is 9.19. The first kappa shape index (κ1) is 15.7. The smallest absolute Gasteiger partial charge is 0.00390 e. The highest BCUT2D eigenvalue weighted by Crippen LogP contribution is 2.60. The van der Waals surface area contributed by atoms with Gasteiger partial charge in [0.25, 0.3) is 0 Å². The molecule has 2 aromatic carbocycles. The largest absolute Gasteiger partial charge is 0.0587 e. The lowest BCUT2D eigenvalue weighted by molar-refractivity contribution is -0.00520. The number of hydrogen-bond donors (Lipinski definition) is 0. The Hall–Kier alpha value is -1.56. The van der Waals surface area contributed by atoms with Gasteiger partial charge in [0.1, 0.15) is 0 Å². The summed E-state index contributed by atoms with van der Waals surface area (Å²) in [7, 11) is 0. The summed E-state index contributed by atoms with van der Waals surface area (Å²) in [5, 5.41) is 0. The van der Waals surface area contributed by atoms with Gasteiger partial charge < -0.3 is 0 Å². The standard InChI is InChI=1S/C25H30/c1-16-4-6-23(17(2)8-16)24-7-5-22(9-18(24)3)25-13-19-10-20(14-25)12-21(11-19)15-25/h4-9,19-21H,10-15H2,1-3H3. The van der Waals surface area contributed by atoms with Gasteiger partial charge in [-0.2, -0.15) is 0 Å². The van der Waals surface area contributed by atoms with Crippen LogP contribution in [0.1, 0.15) is 60.8 Å². The van der Waals surface area contributed by atoms with Crippen molar-refractivity contribution in [1.82, 2.24) is 0 Å². The second kappa shape index (κ2) is 5.47.